The zero-order valence-electron chi connectivity index (χ0n) is 16.3. The number of hydrogen-bond acceptors (Lipinski definition) is 6. The van der Waals surface area contributed by atoms with E-state index in [1.165, 1.54) is 6.26 Å². The van der Waals surface area contributed by atoms with Crippen LogP contribution in [0.15, 0.2) is 59.2 Å². The molecule has 0 aliphatic heterocycles. The molecule has 0 fully saturated rings. The number of Topliss-reactive ketones (excluding diaryl/α,β-unsaturated/α-hetero) is 1. The highest BCUT2D eigenvalue weighted by atomic mass is 16.5. The van der Waals surface area contributed by atoms with Crippen LogP contribution in [0.1, 0.15) is 34.7 Å². The summed E-state index contributed by atoms with van der Waals surface area (Å²) in [5.41, 5.74) is 1.27. The smallest absolute Gasteiger partial charge is 0.273 e. The second-order valence-electron chi connectivity index (χ2n) is 6.04. The summed E-state index contributed by atoms with van der Waals surface area (Å²) in [4.78, 5) is 28.6. The number of aromatic nitrogens is 1. The quantitative estimate of drug-likeness (QED) is 0.556. The van der Waals surface area contributed by atoms with Gasteiger partial charge < -0.3 is 19.2 Å². The molecule has 7 heteroatoms. The minimum absolute atomic E-state index is 0.0905. The van der Waals surface area contributed by atoms with Crippen LogP contribution in [-0.2, 0) is 0 Å². The molecule has 1 heterocycles. The van der Waals surface area contributed by atoms with Gasteiger partial charge in [0.1, 0.15) is 6.26 Å². The summed E-state index contributed by atoms with van der Waals surface area (Å²) in [5, 5.41) is 2.56. The number of carbonyl (C=O) groups excluding carboxylic acids is 2. The monoisotopic (exact) mass is 394 g/mol. The lowest BCUT2D eigenvalue weighted by atomic mass is 10.1. The fraction of sp³-hybridized carbons (Fsp3) is 0.227. The van der Waals surface area contributed by atoms with Crippen LogP contribution in [0.4, 0.5) is 0 Å². The first-order valence-corrected chi connectivity index (χ1v) is 9.34. The van der Waals surface area contributed by atoms with Crippen molar-refractivity contribution < 1.29 is 23.5 Å². The van der Waals surface area contributed by atoms with E-state index in [4.69, 9.17) is 13.9 Å². The number of rotatable bonds is 9. The lowest BCUT2D eigenvalue weighted by Gasteiger charge is -2.11. The van der Waals surface area contributed by atoms with Crippen molar-refractivity contribution in [1.82, 2.24) is 10.3 Å². The first kappa shape index (κ1) is 20.1. The van der Waals surface area contributed by atoms with Gasteiger partial charge in [0.25, 0.3) is 5.91 Å². The Labute approximate surface area is 168 Å². The fourth-order valence-electron chi connectivity index (χ4n) is 2.67. The standard InChI is InChI=1S/C22H22N2O5/c1-3-27-19-11-10-16(12-20(19)28-4-2)22-24-17(14-29-22)21(26)23-13-18(25)15-8-6-5-7-9-15/h5-12,14H,3-4,13H2,1-2H3,(H,23,26). The van der Waals surface area contributed by atoms with Crippen molar-refractivity contribution in [3.63, 3.8) is 0 Å². The zero-order valence-corrected chi connectivity index (χ0v) is 16.3. The fourth-order valence-corrected chi connectivity index (χ4v) is 2.67. The highest BCUT2D eigenvalue weighted by Gasteiger charge is 2.16. The third-order valence-corrected chi connectivity index (χ3v) is 4.03. The van der Waals surface area contributed by atoms with Crippen molar-refractivity contribution in [3.8, 4) is 23.0 Å². The van der Waals surface area contributed by atoms with Gasteiger partial charge in [-0.25, -0.2) is 4.98 Å². The predicted octanol–water partition coefficient (Wildman–Crippen LogP) is 3.75. The molecule has 0 aliphatic carbocycles. The van der Waals surface area contributed by atoms with Crippen LogP contribution in [-0.4, -0.2) is 36.4 Å². The van der Waals surface area contributed by atoms with Gasteiger partial charge in [-0.2, -0.15) is 0 Å². The van der Waals surface area contributed by atoms with Gasteiger partial charge in [-0.05, 0) is 32.0 Å². The number of nitrogens with one attached hydrogen (secondary N) is 1. The first-order chi connectivity index (χ1) is 14.1. The van der Waals surface area contributed by atoms with E-state index in [1.54, 1.807) is 42.5 Å². The molecule has 1 aromatic heterocycles. The zero-order chi connectivity index (χ0) is 20.6. The topological polar surface area (TPSA) is 90.7 Å². The van der Waals surface area contributed by atoms with Crippen LogP contribution in [0.5, 0.6) is 11.5 Å². The molecule has 0 radical (unpaired) electrons. The SMILES string of the molecule is CCOc1ccc(-c2nc(C(=O)NCC(=O)c3ccccc3)co2)cc1OCC. The lowest BCUT2D eigenvalue weighted by molar-refractivity contribution is 0.0901. The third kappa shape index (κ3) is 5.01. The maximum absolute atomic E-state index is 12.3. The Morgan fingerprint density at radius 3 is 2.45 bits per heavy atom. The van der Waals surface area contributed by atoms with Crippen LogP contribution >= 0.6 is 0 Å². The van der Waals surface area contributed by atoms with E-state index < -0.39 is 5.91 Å². The largest absolute Gasteiger partial charge is 0.490 e. The Morgan fingerprint density at radius 2 is 1.72 bits per heavy atom. The molecule has 3 aromatic rings. The van der Waals surface area contributed by atoms with Crippen LogP contribution in [0, 0.1) is 0 Å². The molecule has 0 bridgehead atoms. The highest BCUT2D eigenvalue weighted by Crippen LogP contribution is 2.32. The average molecular weight is 394 g/mol. The van der Waals surface area contributed by atoms with Gasteiger partial charge in [-0.3, -0.25) is 9.59 Å². The Balaban J connectivity index is 1.69. The predicted molar refractivity (Wildman–Crippen MR) is 107 cm³/mol. The van der Waals surface area contributed by atoms with Crippen molar-refractivity contribution in [3.05, 3.63) is 66.1 Å². The number of hydrogen-bond donors (Lipinski definition) is 1. The van der Waals surface area contributed by atoms with E-state index in [1.807, 2.05) is 19.9 Å². The van der Waals surface area contributed by atoms with Gasteiger partial charge in [0, 0.05) is 11.1 Å². The Bertz CT molecular complexity index is 982. The van der Waals surface area contributed by atoms with Crippen LogP contribution in [0.25, 0.3) is 11.5 Å². The Morgan fingerprint density at radius 1 is 1.00 bits per heavy atom. The summed E-state index contributed by atoms with van der Waals surface area (Å²) in [6.07, 6.45) is 1.26. The minimum atomic E-state index is -0.486. The molecular formula is C22H22N2O5. The van der Waals surface area contributed by atoms with Gasteiger partial charge in [0.15, 0.2) is 23.0 Å². The summed E-state index contributed by atoms with van der Waals surface area (Å²) in [6.45, 7) is 4.66. The highest BCUT2D eigenvalue weighted by molar-refractivity contribution is 6.01. The van der Waals surface area contributed by atoms with Gasteiger partial charge >= 0.3 is 0 Å². The van der Waals surface area contributed by atoms with Gasteiger partial charge in [-0.1, -0.05) is 30.3 Å². The number of carbonyl (C=O) groups is 2. The second kappa shape index (κ2) is 9.54. The lowest BCUT2D eigenvalue weighted by Crippen LogP contribution is -2.29. The number of oxazole rings is 1. The maximum Gasteiger partial charge on any atom is 0.273 e. The minimum Gasteiger partial charge on any atom is -0.490 e. The number of nitrogens with zero attached hydrogens (tertiary/aromatic N) is 1. The molecule has 2 aromatic carbocycles. The van der Waals surface area contributed by atoms with Gasteiger partial charge in [0.2, 0.25) is 5.89 Å². The summed E-state index contributed by atoms with van der Waals surface area (Å²) in [7, 11) is 0. The van der Waals surface area contributed by atoms with E-state index in [0.29, 0.717) is 35.8 Å². The number of amides is 1. The van der Waals surface area contributed by atoms with E-state index in [2.05, 4.69) is 10.3 Å². The molecule has 29 heavy (non-hydrogen) atoms. The molecule has 0 aliphatic rings. The van der Waals surface area contributed by atoms with E-state index in [-0.39, 0.29) is 23.9 Å². The number of ketones is 1. The normalized spacial score (nSPS) is 10.4. The Hall–Kier alpha value is -3.61. The van der Waals surface area contributed by atoms with Crippen molar-refractivity contribution in [1.29, 1.82) is 0 Å². The van der Waals surface area contributed by atoms with Gasteiger partial charge in [0.05, 0.1) is 19.8 Å². The van der Waals surface area contributed by atoms with Crippen molar-refractivity contribution in [2.75, 3.05) is 19.8 Å². The Kier molecular flexibility index (Phi) is 6.63. The van der Waals surface area contributed by atoms with Gasteiger partial charge in [-0.15, -0.1) is 0 Å². The summed E-state index contributed by atoms with van der Waals surface area (Å²) in [5.74, 6) is 0.802. The first-order valence-electron chi connectivity index (χ1n) is 9.34. The molecule has 0 atom stereocenters. The summed E-state index contributed by atoms with van der Waals surface area (Å²) < 4.78 is 16.6. The maximum atomic E-state index is 12.3. The summed E-state index contributed by atoms with van der Waals surface area (Å²) >= 11 is 0. The summed E-state index contributed by atoms with van der Waals surface area (Å²) in [6, 6.07) is 14.1. The van der Waals surface area contributed by atoms with Crippen molar-refractivity contribution >= 4 is 11.7 Å². The molecule has 1 N–H and O–H groups in total. The molecule has 150 valence electrons. The van der Waals surface area contributed by atoms with E-state index in [0.717, 1.165) is 0 Å². The molecule has 0 saturated heterocycles. The average Bonchev–Trinajstić information content (AvgIpc) is 3.24. The number of ether oxygens (including phenoxy) is 2. The second-order valence-corrected chi connectivity index (χ2v) is 6.04. The number of benzene rings is 2. The van der Waals surface area contributed by atoms with E-state index in [9.17, 15) is 9.59 Å². The van der Waals surface area contributed by atoms with Crippen LogP contribution < -0.4 is 14.8 Å². The molecule has 7 nitrogen and oxygen atoms in total. The van der Waals surface area contributed by atoms with Crippen molar-refractivity contribution in [2.45, 2.75) is 13.8 Å². The molecule has 1 amide bonds. The third-order valence-electron chi connectivity index (χ3n) is 4.03. The van der Waals surface area contributed by atoms with E-state index >= 15 is 0 Å². The van der Waals surface area contributed by atoms with Crippen molar-refractivity contribution in [2.24, 2.45) is 0 Å². The van der Waals surface area contributed by atoms with Crippen LogP contribution in [0.3, 0.4) is 0 Å². The van der Waals surface area contributed by atoms with Crippen LogP contribution in [0.2, 0.25) is 0 Å². The molecule has 0 saturated carbocycles. The molecular weight excluding hydrogens is 372 g/mol. The molecule has 0 unspecified atom stereocenters. The molecule has 3 rings (SSSR count). The molecule has 0 spiro atoms.